The van der Waals surface area contributed by atoms with Crippen molar-refractivity contribution in [1.82, 2.24) is 0 Å². The average molecular weight is 330 g/mol. The van der Waals surface area contributed by atoms with E-state index in [9.17, 15) is 14.7 Å². The molecule has 2 rings (SSSR count). The lowest BCUT2D eigenvalue weighted by molar-refractivity contribution is 0.0524. The van der Waals surface area contributed by atoms with Gasteiger partial charge in [0, 0.05) is 0 Å². The lowest BCUT2D eigenvalue weighted by atomic mass is 10.1. The number of hydrogen-bond donors (Lipinski definition) is 1. The van der Waals surface area contributed by atoms with Gasteiger partial charge in [0.25, 0.3) is 0 Å². The Bertz CT molecular complexity index is 738. The number of rotatable bonds is 6. The molecule has 126 valence electrons. The number of hydrogen-bond acceptors (Lipinski definition) is 6. The molecule has 0 aliphatic heterocycles. The van der Waals surface area contributed by atoms with E-state index in [1.807, 2.05) is 0 Å². The summed E-state index contributed by atoms with van der Waals surface area (Å²) in [6.45, 7) is 2.09. The Kier molecular flexibility index (Phi) is 5.78. The first kappa shape index (κ1) is 17.3. The Labute approximate surface area is 139 Å². The van der Waals surface area contributed by atoms with Crippen LogP contribution in [0.15, 0.2) is 42.5 Å². The summed E-state index contributed by atoms with van der Waals surface area (Å²) < 4.78 is 15.1. The van der Waals surface area contributed by atoms with Crippen LogP contribution in [0, 0.1) is 0 Å². The molecule has 24 heavy (non-hydrogen) atoms. The fourth-order valence-corrected chi connectivity index (χ4v) is 2.04. The number of phenolic OH excluding ortho intramolecular Hbond substituents is 1. The summed E-state index contributed by atoms with van der Waals surface area (Å²) in [6, 6.07) is 11.0. The zero-order valence-electron chi connectivity index (χ0n) is 13.4. The van der Waals surface area contributed by atoms with E-state index in [0.29, 0.717) is 5.56 Å². The largest absolute Gasteiger partial charge is 0.504 e. The average Bonchev–Trinajstić information content (AvgIpc) is 2.60. The third-order valence-corrected chi connectivity index (χ3v) is 3.21. The number of carbonyl (C=O) groups is 2. The summed E-state index contributed by atoms with van der Waals surface area (Å²) in [6.07, 6.45) is 0. The molecule has 2 aromatic carbocycles. The predicted molar refractivity (Wildman–Crippen MR) is 86.2 cm³/mol. The van der Waals surface area contributed by atoms with Crippen molar-refractivity contribution in [2.24, 2.45) is 0 Å². The van der Waals surface area contributed by atoms with Crippen molar-refractivity contribution >= 4 is 11.9 Å². The smallest absolute Gasteiger partial charge is 0.338 e. The molecule has 0 bridgehead atoms. The quantitative estimate of drug-likeness (QED) is 0.820. The van der Waals surface area contributed by atoms with Gasteiger partial charge in [-0.3, -0.25) is 0 Å². The van der Waals surface area contributed by atoms with Crippen LogP contribution in [-0.4, -0.2) is 30.8 Å². The maximum absolute atomic E-state index is 11.7. The second kappa shape index (κ2) is 8.01. The molecule has 0 aliphatic carbocycles. The van der Waals surface area contributed by atoms with Crippen molar-refractivity contribution in [3.8, 4) is 11.5 Å². The molecule has 6 nitrogen and oxygen atoms in total. The molecule has 0 spiro atoms. The van der Waals surface area contributed by atoms with Crippen molar-refractivity contribution in [1.29, 1.82) is 0 Å². The molecular formula is C18H18O6. The maximum atomic E-state index is 11.7. The number of carbonyl (C=O) groups excluding carboxylic acids is 2. The van der Waals surface area contributed by atoms with E-state index >= 15 is 0 Å². The summed E-state index contributed by atoms with van der Waals surface area (Å²) in [5.74, 6) is -0.866. The zero-order valence-corrected chi connectivity index (χ0v) is 13.4. The Balaban J connectivity index is 2.13. The Morgan fingerprint density at radius 3 is 2.50 bits per heavy atom. The first-order valence-electron chi connectivity index (χ1n) is 7.35. The molecule has 0 saturated heterocycles. The fourth-order valence-electron chi connectivity index (χ4n) is 2.04. The fraction of sp³-hybridized carbons (Fsp3) is 0.222. The lowest BCUT2D eigenvalue weighted by Crippen LogP contribution is -2.05. The van der Waals surface area contributed by atoms with Gasteiger partial charge in [0.05, 0.1) is 24.8 Å². The van der Waals surface area contributed by atoms with Crippen molar-refractivity contribution in [3.05, 3.63) is 59.2 Å². The number of benzene rings is 2. The highest BCUT2D eigenvalue weighted by Crippen LogP contribution is 2.28. The summed E-state index contributed by atoms with van der Waals surface area (Å²) in [5, 5.41) is 9.85. The van der Waals surface area contributed by atoms with Crippen molar-refractivity contribution < 1.29 is 28.9 Å². The van der Waals surface area contributed by atoms with E-state index in [1.54, 1.807) is 31.2 Å². The van der Waals surface area contributed by atoms with Gasteiger partial charge in [-0.15, -0.1) is 0 Å². The normalized spacial score (nSPS) is 10.1. The van der Waals surface area contributed by atoms with Crippen LogP contribution < -0.4 is 4.74 Å². The molecular weight excluding hydrogens is 312 g/mol. The van der Waals surface area contributed by atoms with E-state index in [0.717, 1.165) is 5.56 Å². The molecule has 0 radical (unpaired) electrons. The SMILES string of the molecule is CCOC(=O)c1ccc(O)c(OCc2cccc(C(=O)OC)c2)c1. The van der Waals surface area contributed by atoms with Gasteiger partial charge in [-0.2, -0.15) is 0 Å². The number of aromatic hydroxyl groups is 1. The van der Waals surface area contributed by atoms with Gasteiger partial charge in [0.2, 0.25) is 0 Å². The highest BCUT2D eigenvalue weighted by molar-refractivity contribution is 5.90. The third-order valence-electron chi connectivity index (χ3n) is 3.21. The minimum atomic E-state index is -0.491. The number of phenols is 1. The maximum Gasteiger partial charge on any atom is 0.338 e. The van der Waals surface area contributed by atoms with Crippen LogP contribution >= 0.6 is 0 Å². The van der Waals surface area contributed by atoms with Gasteiger partial charge < -0.3 is 19.3 Å². The predicted octanol–water partition coefficient (Wildman–Crippen LogP) is 2.93. The molecule has 0 aromatic heterocycles. The van der Waals surface area contributed by atoms with Gasteiger partial charge in [-0.05, 0) is 42.8 Å². The number of methoxy groups -OCH3 is 1. The lowest BCUT2D eigenvalue weighted by Gasteiger charge is -2.10. The van der Waals surface area contributed by atoms with Gasteiger partial charge >= 0.3 is 11.9 Å². The monoisotopic (exact) mass is 330 g/mol. The van der Waals surface area contributed by atoms with Gasteiger partial charge in [-0.1, -0.05) is 12.1 Å². The zero-order chi connectivity index (χ0) is 17.5. The van der Waals surface area contributed by atoms with Crippen LogP contribution in [0.1, 0.15) is 33.2 Å². The standard InChI is InChI=1S/C18H18O6/c1-3-23-18(21)14-7-8-15(19)16(10-14)24-11-12-5-4-6-13(9-12)17(20)22-2/h4-10,19H,3,11H2,1-2H3. The number of ether oxygens (including phenoxy) is 3. The third kappa shape index (κ3) is 4.25. The summed E-state index contributed by atoms with van der Waals surface area (Å²) in [5.41, 5.74) is 1.41. The molecule has 1 N–H and O–H groups in total. The molecule has 0 unspecified atom stereocenters. The Morgan fingerprint density at radius 2 is 1.79 bits per heavy atom. The number of esters is 2. The molecule has 0 heterocycles. The Morgan fingerprint density at radius 1 is 1.04 bits per heavy atom. The van der Waals surface area contributed by atoms with Crippen LogP contribution in [0.2, 0.25) is 0 Å². The van der Waals surface area contributed by atoms with Crippen LogP contribution in [-0.2, 0) is 16.1 Å². The molecule has 0 atom stereocenters. The van der Waals surface area contributed by atoms with E-state index in [1.165, 1.54) is 25.3 Å². The second-order valence-corrected chi connectivity index (χ2v) is 4.88. The van der Waals surface area contributed by atoms with Crippen LogP contribution in [0.5, 0.6) is 11.5 Å². The molecule has 0 fully saturated rings. The summed E-state index contributed by atoms with van der Waals surface area (Å²) in [7, 11) is 1.31. The second-order valence-electron chi connectivity index (χ2n) is 4.88. The molecule has 0 amide bonds. The summed E-state index contributed by atoms with van der Waals surface area (Å²) >= 11 is 0. The molecule has 6 heteroatoms. The van der Waals surface area contributed by atoms with Crippen molar-refractivity contribution in [3.63, 3.8) is 0 Å². The highest BCUT2D eigenvalue weighted by atomic mass is 16.5. The van der Waals surface area contributed by atoms with E-state index < -0.39 is 11.9 Å². The molecule has 0 saturated carbocycles. The van der Waals surface area contributed by atoms with Crippen LogP contribution in [0.25, 0.3) is 0 Å². The minimum Gasteiger partial charge on any atom is -0.504 e. The first-order chi connectivity index (χ1) is 11.5. The van der Waals surface area contributed by atoms with Crippen molar-refractivity contribution in [2.75, 3.05) is 13.7 Å². The van der Waals surface area contributed by atoms with Gasteiger partial charge in [-0.25, -0.2) is 9.59 Å². The van der Waals surface area contributed by atoms with Crippen LogP contribution in [0.3, 0.4) is 0 Å². The highest BCUT2D eigenvalue weighted by Gasteiger charge is 2.12. The molecule has 2 aromatic rings. The minimum absolute atomic E-state index is 0.0906. The summed E-state index contributed by atoms with van der Waals surface area (Å²) in [4.78, 5) is 23.2. The topological polar surface area (TPSA) is 82.1 Å². The van der Waals surface area contributed by atoms with Gasteiger partial charge in [0.15, 0.2) is 11.5 Å². The van der Waals surface area contributed by atoms with Crippen molar-refractivity contribution in [2.45, 2.75) is 13.5 Å². The molecule has 0 aliphatic rings. The van der Waals surface area contributed by atoms with Crippen LogP contribution in [0.4, 0.5) is 0 Å². The first-order valence-corrected chi connectivity index (χ1v) is 7.35. The van der Waals surface area contributed by atoms with E-state index in [-0.39, 0.29) is 30.3 Å². The van der Waals surface area contributed by atoms with E-state index in [4.69, 9.17) is 9.47 Å². The van der Waals surface area contributed by atoms with Gasteiger partial charge in [0.1, 0.15) is 6.61 Å². The van der Waals surface area contributed by atoms with E-state index in [2.05, 4.69) is 4.74 Å². The Hall–Kier alpha value is -3.02.